The maximum Gasteiger partial charge on any atom is 0.270 e. The fourth-order valence-electron chi connectivity index (χ4n) is 2.52. The van der Waals surface area contributed by atoms with Gasteiger partial charge in [0.2, 0.25) is 0 Å². The van der Waals surface area contributed by atoms with Gasteiger partial charge in [-0.25, -0.2) is 4.98 Å². The first kappa shape index (κ1) is 18.3. The third kappa shape index (κ3) is 4.61. The quantitative estimate of drug-likeness (QED) is 0.567. The second-order valence-electron chi connectivity index (χ2n) is 6.34. The molecule has 3 aromatic rings. The summed E-state index contributed by atoms with van der Waals surface area (Å²) in [5, 5.41) is 6.69. The maximum atomic E-state index is 12.1. The van der Waals surface area contributed by atoms with E-state index in [9.17, 15) is 4.79 Å². The SMILES string of the molecule is O=C(NC1CC1)c1csc(-c2cccc(OCc3ccc(Cl)cc3Cl)c2)n1. The van der Waals surface area contributed by atoms with Crippen LogP contribution in [0.25, 0.3) is 10.6 Å². The van der Waals surface area contributed by atoms with Crippen molar-refractivity contribution in [3.05, 3.63) is 69.1 Å². The average Bonchev–Trinajstić information content (AvgIpc) is 3.32. The highest BCUT2D eigenvalue weighted by Gasteiger charge is 2.24. The van der Waals surface area contributed by atoms with Crippen LogP contribution in [0.2, 0.25) is 10.0 Å². The number of hydrogen-bond acceptors (Lipinski definition) is 4. The Bertz CT molecular complexity index is 986. The minimum atomic E-state index is -0.107. The van der Waals surface area contributed by atoms with Crippen LogP contribution >= 0.6 is 34.5 Å². The Morgan fingerprint density at radius 2 is 2.07 bits per heavy atom. The molecule has 1 saturated carbocycles. The zero-order valence-electron chi connectivity index (χ0n) is 14.2. The van der Waals surface area contributed by atoms with Gasteiger partial charge < -0.3 is 10.1 Å². The van der Waals surface area contributed by atoms with E-state index in [0.29, 0.717) is 34.1 Å². The molecule has 1 aliphatic carbocycles. The number of aromatic nitrogens is 1. The lowest BCUT2D eigenvalue weighted by atomic mass is 10.2. The molecule has 0 spiro atoms. The van der Waals surface area contributed by atoms with Crippen molar-refractivity contribution in [2.75, 3.05) is 0 Å². The smallest absolute Gasteiger partial charge is 0.270 e. The van der Waals surface area contributed by atoms with Crippen molar-refractivity contribution in [1.82, 2.24) is 10.3 Å². The zero-order chi connectivity index (χ0) is 18.8. The summed E-state index contributed by atoms with van der Waals surface area (Å²) in [4.78, 5) is 16.6. The number of hydrogen-bond donors (Lipinski definition) is 1. The van der Waals surface area contributed by atoms with Crippen LogP contribution in [0.5, 0.6) is 5.75 Å². The third-order valence-electron chi connectivity index (χ3n) is 4.14. The van der Waals surface area contributed by atoms with Crippen molar-refractivity contribution in [2.45, 2.75) is 25.5 Å². The third-order valence-corrected chi connectivity index (χ3v) is 5.62. The van der Waals surface area contributed by atoms with E-state index in [1.165, 1.54) is 11.3 Å². The van der Waals surface area contributed by atoms with E-state index in [0.717, 1.165) is 29.0 Å². The number of benzene rings is 2. The minimum Gasteiger partial charge on any atom is -0.489 e. The van der Waals surface area contributed by atoms with Gasteiger partial charge in [-0.15, -0.1) is 11.3 Å². The second-order valence-corrected chi connectivity index (χ2v) is 8.04. The van der Waals surface area contributed by atoms with Gasteiger partial charge in [0.05, 0.1) is 0 Å². The lowest BCUT2D eigenvalue weighted by molar-refractivity contribution is 0.0947. The largest absolute Gasteiger partial charge is 0.489 e. The number of nitrogens with one attached hydrogen (secondary N) is 1. The van der Waals surface area contributed by atoms with Crippen LogP contribution in [-0.4, -0.2) is 16.9 Å². The predicted octanol–water partition coefficient (Wildman–Crippen LogP) is 5.59. The highest BCUT2D eigenvalue weighted by Crippen LogP contribution is 2.29. The van der Waals surface area contributed by atoms with E-state index in [1.807, 2.05) is 30.3 Å². The summed E-state index contributed by atoms with van der Waals surface area (Å²) in [6.45, 7) is 0.340. The first-order chi connectivity index (χ1) is 13.1. The molecule has 1 aliphatic rings. The Labute approximate surface area is 171 Å². The summed E-state index contributed by atoms with van der Waals surface area (Å²) in [5.41, 5.74) is 2.23. The highest BCUT2D eigenvalue weighted by atomic mass is 35.5. The number of carbonyl (C=O) groups excluding carboxylic acids is 1. The predicted molar refractivity (Wildman–Crippen MR) is 109 cm³/mol. The molecule has 4 nitrogen and oxygen atoms in total. The first-order valence-electron chi connectivity index (χ1n) is 8.52. The number of ether oxygens (including phenoxy) is 1. The van der Waals surface area contributed by atoms with Crippen LogP contribution in [0.15, 0.2) is 47.8 Å². The fourth-order valence-corrected chi connectivity index (χ4v) is 3.78. The van der Waals surface area contributed by atoms with E-state index in [4.69, 9.17) is 27.9 Å². The molecule has 7 heteroatoms. The second kappa shape index (κ2) is 7.89. The molecular weight excluding hydrogens is 403 g/mol. The van der Waals surface area contributed by atoms with Crippen molar-refractivity contribution in [3.8, 4) is 16.3 Å². The van der Waals surface area contributed by atoms with E-state index in [2.05, 4.69) is 10.3 Å². The van der Waals surface area contributed by atoms with Crippen LogP contribution in [0, 0.1) is 0 Å². The van der Waals surface area contributed by atoms with Crippen molar-refractivity contribution < 1.29 is 9.53 Å². The Morgan fingerprint density at radius 3 is 2.85 bits per heavy atom. The van der Waals surface area contributed by atoms with Gasteiger partial charge in [0.25, 0.3) is 5.91 Å². The van der Waals surface area contributed by atoms with Gasteiger partial charge in [0, 0.05) is 32.6 Å². The monoisotopic (exact) mass is 418 g/mol. The molecule has 0 atom stereocenters. The van der Waals surface area contributed by atoms with Gasteiger partial charge in [-0.05, 0) is 37.1 Å². The number of halogens is 2. The molecule has 1 heterocycles. The molecule has 0 radical (unpaired) electrons. The molecule has 1 aromatic heterocycles. The van der Waals surface area contributed by atoms with Gasteiger partial charge in [-0.3, -0.25) is 4.79 Å². The van der Waals surface area contributed by atoms with E-state index >= 15 is 0 Å². The molecule has 2 aromatic carbocycles. The molecule has 0 bridgehead atoms. The summed E-state index contributed by atoms with van der Waals surface area (Å²) in [6, 6.07) is 13.3. The maximum absolute atomic E-state index is 12.1. The lowest BCUT2D eigenvalue weighted by Crippen LogP contribution is -2.25. The fraction of sp³-hybridized carbons (Fsp3) is 0.200. The van der Waals surface area contributed by atoms with Crippen molar-refractivity contribution >= 4 is 40.4 Å². The number of rotatable bonds is 6. The highest BCUT2D eigenvalue weighted by molar-refractivity contribution is 7.13. The molecule has 1 fully saturated rings. The zero-order valence-corrected chi connectivity index (χ0v) is 16.6. The Morgan fingerprint density at radius 1 is 1.22 bits per heavy atom. The van der Waals surface area contributed by atoms with Gasteiger partial charge in [0.1, 0.15) is 23.1 Å². The van der Waals surface area contributed by atoms with Crippen molar-refractivity contribution in [2.24, 2.45) is 0 Å². The van der Waals surface area contributed by atoms with Gasteiger partial charge >= 0.3 is 0 Å². The normalized spacial score (nSPS) is 13.4. The van der Waals surface area contributed by atoms with Crippen molar-refractivity contribution in [3.63, 3.8) is 0 Å². The minimum absolute atomic E-state index is 0.107. The molecule has 0 unspecified atom stereocenters. The van der Waals surface area contributed by atoms with E-state index < -0.39 is 0 Å². The van der Waals surface area contributed by atoms with Gasteiger partial charge in [-0.2, -0.15) is 0 Å². The lowest BCUT2D eigenvalue weighted by Gasteiger charge is -2.09. The topological polar surface area (TPSA) is 51.2 Å². The van der Waals surface area contributed by atoms with Gasteiger partial charge in [0.15, 0.2) is 0 Å². The number of carbonyl (C=O) groups is 1. The standard InChI is InChI=1S/C20H16Cl2N2O2S/c21-14-5-4-13(17(22)9-14)10-26-16-3-1-2-12(8-16)20-24-18(11-27-20)19(25)23-15-6-7-15/h1-5,8-9,11,15H,6-7,10H2,(H,23,25). The number of nitrogens with zero attached hydrogens (tertiary/aromatic N) is 1. The molecule has 0 saturated heterocycles. The molecule has 4 rings (SSSR count). The molecule has 1 amide bonds. The van der Waals surface area contributed by atoms with Crippen LogP contribution in [-0.2, 0) is 6.61 Å². The summed E-state index contributed by atoms with van der Waals surface area (Å²) in [7, 11) is 0. The van der Waals surface area contributed by atoms with Crippen LogP contribution in [0.1, 0.15) is 28.9 Å². The van der Waals surface area contributed by atoms with E-state index in [-0.39, 0.29) is 5.91 Å². The molecule has 0 aliphatic heterocycles. The number of amides is 1. The molecular formula is C20H16Cl2N2O2S. The van der Waals surface area contributed by atoms with E-state index in [1.54, 1.807) is 17.5 Å². The molecule has 138 valence electrons. The Kier molecular flexibility index (Phi) is 5.34. The van der Waals surface area contributed by atoms with Crippen LogP contribution < -0.4 is 10.1 Å². The average molecular weight is 419 g/mol. The summed E-state index contributed by atoms with van der Waals surface area (Å²) in [6.07, 6.45) is 2.11. The Balaban J connectivity index is 1.45. The summed E-state index contributed by atoms with van der Waals surface area (Å²) in [5.74, 6) is 0.600. The van der Waals surface area contributed by atoms with Crippen LogP contribution in [0.3, 0.4) is 0 Å². The van der Waals surface area contributed by atoms with Gasteiger partial charge in [-0.1, -0.05) is 41.4 Å². The number of thiazole rings is 1. The first-order valence-corrected chi connectivity index (χ1v) is 10.2. The molecule has 1 N–H and O–H groups in total. The van der Waals surface area contributed by atoms with Crippen LogP contribution in [0.4, 0.5) is 0 Å². The summed E-state index contributed by atoms with van der Waals surface area (Å²) >= 11 is 13.5. The Hall–Kier alpha value is -2.08. The molecule has 27 heavy (non-hydrogen) atoms. The summed E-state index contributed by atoms with van der Waals surface area (Å²) < 4.78 is 5.86. The van der Waals surface area contributed by atoms with Crippen molar-refractivity contribution in [1.29, 1.82) is 0 Å².